The standard InChI is InChI=1S/C14H18N2O3/c1-9-8-12(6-7-13(9)16(18)19)14(17)15(3)10(2)11-4-5-11/h6-8,10-11H,4-5H2,1-3H3/t10-/m1/s1. The van der Waals surface area contributed by atoms with Gasteiger partial charge in [-0.15, -0.1) is 0 Å². The van der Waals surface area contributed by atoms with Gasteiger partial charge < -0.3 is 4.90 Å². The van der Waals surface area contributed by atoms with Gasteiger partial charge >= 0.3 is 0 Å². The minimum Gasteiger partial charge on any atom is -0.339 e. The summed E-state index contributed by atoms with van der Waals surface area (Å²) in [5.74, 6) is 0.533. The number of benzene rings is 1. The largest absolute Gasteiger partial charge is 0.339 e. The number of aryl methyl sites for hydroxylation is 1. The van der Waals surface area contributed by atoms with Gasteiger partial charge in [-0.2, -0.15) is 0 Å². The lowest BCUT2D eigenvalue weighted by Gasteiger charge is -2.25. The van der Waals surface area contributed by atoms with E-state index >= 15 is 0 Å². The molecule has 1 saturated carbocycles. The predicted octanol–water partition coefficient (Wildman–Crippen LogP) is 2.77. The molecule has 0 spiro atoms. The van der Waals surface area contributed by atoms with Crippen LogP contribution in [0.1, 0.15) is 35.7 Å². The van der Waals surface area contributed by atoms with Gasteiger partial charge in [0.2, 0.25) is 0 Å². The normalized spacial score (nSPS) is 15.9. The van der Waals surface area contributed by atoms with Crippen molar-refractivity contribution < 1.29 is 9.72 Å². The molecule has 1 aliphatic rings. The second kappa shape index (κ2) is 4.99. The summed E-state index contributed by atoms with van der Waals surface area (Å²) in [6, 6.07) is 4.75. The van der Waals surface area contributed by atoms with E-state index in [2.05, 4.69) is 0 Å². The van der Waals surface area contributed by atoms with Crippen LogP contribution in [0.25, 0.3) is 0 Å². The Kier molecular flexibility index (Phi) is 3.55. The SMILES string of the molecule is Cc1cc(C(=O)N(C)[C@H](C)C2CC2)ccc1[N+](=O)[O-]. The number of amides is 1. The van der Waals surface area contributed by atoms with Crippen LogP contribution in [0.4, 0.5) is 5.69 Å². The molecule has 1 aliphatic carbocycles. The van der Waals surface area contributed by atoms with E-state index in [1.165, 1.54) is 25.0 Å². The summed E-state index contributed by atoms with van der Waals surface area (Å²) in [4.78, 5) is 24.4. The molecule has 1 aromatic carbocycles. The topological polar surface area (TPSA) is 63.5 Å². The molecular formula is C14H18N2O3. The van der Waals surface area contributed by atoms with Gasteiger partial charge in [-0.05, 0) is 44.7 Å². The molecule has 0 radical (unpaired) electrons. The summed E-state index contributed by atoms with van der Waals surface area (Å²) < 4.78 is 0. The van der Waals surface area contributed by atoms with Gasteiger partial charge in [-0.1, -0.05) is 0 Å². The average molecular weight is 262 g/mol. The number of carbonyl (C=O) groups excluding carboxylic acids is 1. The van der Waals surface area contributed by atoms with E-state index in [0.717, 1.165) is 0 Å². The van der Waals surface area contributed by atoms with E-state index in [1.807, 2.05) is 6.92 Å². The zero-order valence-corrected chi connectivity index (χ0v) is 11.4. The van der Waals surface area contributed by atoms with Gasteiger partial charge in [0, 0.05) is 30.3 Å². The zero-order valence-electron chi connectivity index (χ0n) is 11.4. The maximum atomic E-state index is 12.3. The number of carbonyl (C=O) groups is 1. The Morgan fingerprint density at radius 1 is 1.47 bits per heavy atom. The smallest absolute Gasteiger partial charge is 0.272 e. The number of nitrogens with zero attached hydrogens (tertiary/aromatic N) is 2. The van der Waals surface area contributed by atoms with Crippen LogP contribution in [0, 0.1) is 23.0 Å². The zero-order chi connectivity index (χ0) is 14.2. The molecule has 1 atom stereocenters. The molecule has 0 unspecified atom stereocenters. The second-order valence-electron chi connectivity index (χ2n) is 5.25. The van der Waals surface area contributed by atoms with Crippen molar-refractivity contribution in [2.75, 3.05) is 7.05 Å². The summed E-state index contributed by atoms with van der Waals surface area (Å²) in [5.41, 5.74) is 1.08. The first-order chi connectivity index (χ1) is 8.91. The summed E-state index contributed by atoms with van der Waals surface area (Å²) in [6.45, 7) is 3.70. The van der Waals surface area contributed by atoms with Crippen LogP contribution in [0.3, 0.4) is 0 Å². The summed E-state index contributed by atoms with van der Waals surface area (Å²) in [7, 11) is 1.79. The molecule has 1 fully saturated rings. The van der Waals surface area contributed by atoms with Crippen LogP contribution >= 0.6 is 0 Å². The van der Waals surface area contributed by atoms with Crippen molar-refractivity contribution in [1.29, 1.82) is 0 Å². The molecule has 19 heavy (non-hydrogen) atoms. The van der Waals surface area contributed by atoms with Gasteiger partial charge in [0.15, 0.2) is 0 Å². The quantitative estimate of drug-likeness (QED) is 0.619. The van der Waals surface area contributed by atoms with E-state index in [1.54, 1.807) is 24.9 Å². The first kappa shape index (κ1) is 13.5. The molecule has 0 aliphatic heterocycles. The first-order valence-electron chi connectivity index (χ1n) is 6.44. The minimum absolute atomic E-state index is 0.0504. The molecule has 1 aromatic rings. The molecule has 2 rings (SSSR count). The van der Waals surface area contributed by atoms with E-state index in [-0.39, 0.29) is 17.6 Å². The fourth-order valence-electron chi connectivity index (χ4n) is 2.28. The summed E-state index contributed by atoms with van der Waals surface area (Å²) in [5, 5.41) is 10.8. The molecule has 0 saturated heterocycles. The van der Waals surface area contributed by atoms with E-state index in [0.29, 0.717) is 17.0 Å². The monoisotopic (exact) mass is 262 g/mol. The van der Waals surface area contributed by atoms with Crippen molar-refractivity contribution in [1.82, 2.24) is 4.90 Å². The molecule has 5 nitrogen and oxygen atoms in total. The lowest BCUT2D eigenvalue weighted by molar-refractivity contribution is -0.385. The molecule has 5 heteroatoms. The Morgan fingerprint density at radius 3 is 2.58 bits per heavy atom. The van der Waals surface area contributed by atoms with Gasteiger partial charge in [0.25, 0.3) is 11.6 Å². The Morgan fingerprint density at radius 2 is 2.11 bits per heavy atom. The van der Waals surface area contributed by atoms with Crippen LogP contribution in [0.15, 0.2) is 18.2 Å². The predicted molar refractivity (Wildman–Crippen MR) is 72.1 cm³/mol. The first-order valence-corrected chi connectivity index (χ1v) is 6.44. The summed E-state index contributed by atoms with van der Waals surface area (Å²) >= 11 is 0. The maximum Gasteiger partial charge on any atom is 0.272 e. The number of nitro groups is 1. The highest BCUT2D eigenvalue weighted by atomic mass is 16.6. The van der Waals surface area contributed by atoms with Crippen LogP contribution < -0.4 is 0 Å². The lowest BCUT2D eigenvalue weighted by atomic mass is 10.1. The van der Waals surface area contributed by atoms with Crippen molar-refractivity contribution in [3.8, 4) is 0 Å². The van der Waals surface area contributed by atoms with Crippen LogP contribution in [0.5, 0.6) is 0 Å². The Labute approximate surface area is 112 Å². The van der Waals surface area contributed by atoms with Gasteiger partial charge in [-0.25, -0.2) is 0 Å². The Balaban J connectivity index is 2.19. The Hall–Kier alpha value is -1.91. The van der Waals surface area contributed by atoms with Crippen molar-refractivity contribution in [2.24, 2.45) is 5.92 Å². The molecule has 1 amide bonds. The highest BCUT2D eigenvalue weighted by molar-refractivity contribution is 5.94. The summed E-state index contributed by atoms with van der Waals surface area (Å²) in [6.07, 6.45) is 2.36. The number of hydrogen-bond acceptors (Lipinski definition) is 3. The van der Waals surface area contributed by atoms with Crippen molar-refractivity contribution in [3.63, 3.8) is 0 Å². The fourth-order valence-corrected chi connectivity index (χ4v) is 2.28. The van der Waals surface area contributed by atoms with E-state index < -0.39 is 4.92 Å². The molecule has 0 N–H and O–H groups in total. The molecule has 0 bridgehead atoms. The van der Waals surface area contributed by atoms with Gasteiger partial charge in [0.05, 0.1) is 4.92 Å². The Bertz CT molecular complexity index is 523. The molecule has 0 aromatic heterocycles. The number of hydrogen-bond donors (Lipinski definition) is 0. The average Bonchev–Trinajstić information content (AvgIpc) is 3.19. The third-order valence-corrected chi connectivity index (χ3v) is 3.88. The fraction of sp³-hybridized carbons (Fsp3) is 0.500. The lowest BCUT2D eigenvalue weighted by Crippen LogP contribution is -2.36. The van der Waals surface area contributed by atoms with Crippen molar-refractivity contribution >= 4 is 11.6 Å². The third-order valence-electron chi connectivity index (χ3n) is 3.88. The number of rotatable bonds is 4. The molecule has 102 valence electrons. The highest BCUT2D eigenvalue weighted by Gasteiger charge is 2.32. The van der Waals surface area contributed by atoms with E-state index in [9.17, 15) is 14.9 Å². The van der Waals surface area contributed by atoms with Crippen molar-refractivity contribution in [2.45, 2.75) is 32.7 Å². The van der Waals surface area contributed by atoms with E-state index in [4.69, 9.17) is 0 Å². The highest BCUT2D eigenvalue weighted by Crippen LogP contribution is 2.35. The van der Waals surface area contributed by atoms with Crippen molar-refractivity contribution in [3.05, 3.63) is 39.4 Å². The second-order valence-corrected chi connectivity index (χ2v) is 5.25. The maximum absolute atomic E-state index is 12.3. The molecular weight excluding hydrogens is 244 g/mol. The third kappa shape index (κ3) is 2.75. The van der Waals surface area contributed by atoms with Crippen LogP contribution in [-0.4, -0.2) is 28.8 Å². The minimum atomic E-state index is -0.430. The van der Waals surface area contributed by atoms with Crippen LogP contribution in [-0.2, 0) is 0 Å². The van der Waals surface area contributed by atoms with Gasteiger partial charge in [0.1, 0.15) is 0 Å². The van der Waals surface area contributed by atoms with Crippen LogP contribution in [0.2, 0.25) is 0 Å². The van der Waals surface area contributed by atoms with Gasteiger partial charge in [-0.3, -0.25) is 14.9 Å². The molecule has 0 heterocycles. The number of nitro benzene ring substituents is 1.